The highest BCUT2D eigenvalue weighted by Gasteiger charge is 1.97. The lowest BCUT2D eigenvalue weighted by atomic mass is 10.1. The van der Waals surface area contributed by atoms with Crippen molar-refractivity contribution >= 4 is 23.0 Å². The van der Waals surface area contributed by atoms with Gasteiger partial charge in [0.05, 0.1) is 0 Å². The minimum absolute atomic E-state index is 0.393. The molecule has 0 aromatic carbocycles. The van der Waals surface area contributed by atoms with Crippen molar-refractivity contribution in [3.63, 3.8) is 0 Å². The van der Waals surface area contributed by atoms with E-state index in [9.17, 15) is 0 Å². The second-order valence-corrected chi connectivity index (χ2v) is 4.93. The number of pyridine rings is 1. The molecule has 1 aromatic heterocycles. The van der Waals surface area contributed by atoms with E-state index in [2.05, 4.69) is 17.2 Å². The fourth-order valence-corrected chi connectivity index (χ4v) is 1.89. The molecule has 0 saturated carbocycles. The van der Waals surface area contributed by atoms with Gasteiger partial charge in [-0.2, -0.15) is 0 Å². The Balaban J connectivity index is 2.14. The van der Waals surface area contributed by atoms with Crippen LogP contribution in [0.15, 0.2) is 18.3 Å². The van der Waals surface area contributed by atoms with Crippen LogP contribution in [-0.4, -0.2) is 16.5 Å². The van der Waals surface area contributed by atoms with E-state index in [4.69, 9.17) is 18.0 Å². The summed E-state index contributed by atoms with van der Waals surface area (Å²) in [6.45, 7) is 3.22. The molecule has 1 rings (SSSR count). The number of aromatic nitrogens is 1. The van der Waals surface area contributed by atoms with Gasteiger partial charge in [0.25, 0.3) is 0 Å². The number of nitrogens with two attached hydrogens (primary N) is 1. The number of anilines is 1. The highest BCUT2D eigenvalue weighted by Crippen LogP contribution is 2.07. The first-order valence-corrected chi connectivity index (χ1v) is 7.14. The molecule has 4 heteroatoms. The van der Waals surface area contributed by atoms with Gasteiger partial charge in [0.2, 0.25) is 0 Å². The van der Waals surface area contributed by atoms with E-state index in [-0.39, 0.29) is 0 Å². The summed E-state index contributed by atoms with van der Waals surface area (Å²) >= 11 is 4.88. The zero-order valence-electron chi connectivity index (χ0n) is 11.1. The van der Waals surface area contributed by atoms with Crippen molar-refractivity contribution in [2.24, 2.45) is 5.73 Å². The number of rotatable bonds is 9. The zero-order valence-corrected chi connectivity index (χ0v) is 11.9. The maximum atomic E-state index is 5.51. The molecule has 3 N–H and O–H groups in total. The van der Waals surface area contributed by atoms with Crippen molar-refractivity contribution in [1.29, 1.82) is 0 Å². The van der Waals surface area contributed by atoms with E-state index < -0.39 is 0 Å². The van der Waals surface area contributed by atoms with Gasteiger partial charge in [-0.3, -0.25) is 0 Å². The highest BCUT2D eigenvalue weighted by atomic mass is 32.1. The van der Waals surface area contributed by atoms with Crippen LogP contribution in [0.5, 0.6) is 0 Å². The van der Waals surface area contributed by atoms with Crippen LogP contribution in [0, 0.1) is 0 Å². The minimum atomic E-state index is 0.393. The summed E-state index contributed by atoms with van der Waals surface area (Å²) in [5.74, 6) is 0.892. The van der Waals surface area contributed by atoms with Crippen molar-refractivity contribution in [2.75, 3.05) is 11.9 Å². The summed E-state index contributed by atoms with van der Waals surface area (Å²) in [6, 6.07) is 3.82. The van der Waals surface area contributed by atoms with Gasteiger partial charge in [-0.1, -0.05) is 51.2 Å². The molecule has 3 nitrogen and oxygen atoms in total. The van der Waals surface area contributed by atoms with Crippen LogP contribution in [0.2, 0.25) is 0 Å². The van der Waals surface area contributed by atoms with Crippen molar-refractivity contribution in [3.8, 4) is 0 Å². The highest BCUT2D eigenvalue weighted by molar-refractivity contribution is 7.80. The van der Waals surface area contributed by atoms with Gasteiger partial charge < -0.3 is 11.1 Å². The van der Waals surface area contributed by atoms with Gasteiger partial charge in [-0.25, -0.2) is 4.98 Å². The smallest absolute Gasteiger partial charge is 0.125 e. The average molecular weight is 265 g/mol. The van der Waals surface area contributed by atoms with E-state index in [1.165, 1.54) is 38.5 Å². The number of thiocarbonyl (C=S) groups is 1. The Morgan fingerprint density at radius 1 is 1.22 bits per heavy atom. The lowest BCUT2D eigenvalue weighted by Crippen LogP contribution is -2.10. The van der Waals surface area contributed by atoms with Crippen LogP contribution < -0.4 is 11.1 Å². The van der Waals surface area contributed by atoms with Crippen LogP contribution in [0.4, 0.5) is 5.82 Å². The predicted molar refractivity (Wildman–Crippen MR) is 82.0 cm³/mol. The van der Waals surface area contributed by atoms with E-state index in [1.807, 2.05) is 12.1 Å². The molecule has 1 heterocycles. The molecule has 0 spiro atoms. The lowest BCUT2D eigenvalue weighted by molar-refractivity contribution is 0.617. The molecule has 0 aliphatic heterocycles. The fraction of sp³-hybridized carbons (Fsp3) is 0.571. The zero-order chi connectivity index (χ0) is 13.2. The molecule has 0 aliphatic carbocycles. The lowest BCUT2D eigenvalue weighted by Gasteiger charge is -2.06. The van der Waals surface area contributed by atoms with Crippen molar-refractivity contribution in [3.05, 3.63) is 23.9 Å². The molecule has 1 aromatic rings. The number of hydrogen-bond acceptors (Lipinski definition) is 3. The molecule has 0 amide bonds. The molecule has 0 fully saturated rings. The van der Waals surface area contributed by atoms with Crippen LogP contribution in [0.25, 0.3) is 0 Å². The van der Waals surface area contributed by atoms with Crippen molar-refractivity contribution in [1.82, 2.24) is 4.98 Å². The average Bonchev–Trinajstić information content (AvgIpc) is 2.38. The number of nitrogens with zero attached hydrogens (tertiary/aromatic N) is 1. The third-order valence-electron chi connectivity index (χ3n) is 2.88. The Hall–Kier alpha value is -1.16. The SMILES string of the molecule is CCCCCCCCNc1ccc(C(N)=S)cn1. The summed E-state index contributed by atoms with van der Waals surface area (Å²) in [5.41, 5.74) is 6.33. The second kappa shape index (κ2) is 8.86. The topological polar surface area (TPSA) is 50.9 Å². The molecular formula is C14H23N3S. The quantitative estimate of drug-likeness (QED) is 0.530. The van der Waals surface area contributed by atoms with Crippen LogP contribution in [0.3, 0.4) is 0 Å². The van der Waals surface area contributed by atoms with Crippen LogP contribution in [-0.2, 0) is 0 Å². The Bertz CT molecular complexity index is 349. The molecule has 0 bridgehead atoms. The van der Waals surface area contributed by atoms with Gasteiger partial charge in [0.1, 0.15) is 10.8 Å². The van der Waals surface area contributed by atoms with E-state index in [0.717, 1.165) is 17.9 Å². The Kier molecular flexibility index (Phi) is 7.34. The molecule has 0 aliphatic rings. The third-order valence-corrected chi connectivity index (χ3v) is 3.12. The largest absolute Gasteiger partial charge is 0.389 e. The van der Waals surface area contributed by atoms with Crippen molar-refractivity contribution in [2.45, 2.75) is 45.4 Å². The number of unbranched alkanes of at least 4 members (excludes halogenated alkanes) is 5. The van der Waals surface area contributed by atoms with Crippen LogP contribution >= 0.6 is 12.2 Å². The van der Waals surface area contributed by atoms with Crippen LogP contribution in [0.1, 0.15) is 51.0 Å². The maximum absolute atomic E-state index is 5.51. The van der Waals surface area contributed by atoms with Gasteiger partial charge in [0, 0.05) is 18.3 Å². The summed E-state index contributed by atoms with van der Waals surface area (Å²) < 4.78 is 0. The standard InChI is InChI=1S/C14H23N3S/c1-2-3-4-5-6-7-10-16-13-9-8-12(11-17-13)14(15)18/h8-9,11H,2-7,10H2,1H3,(H2,15,18)(H,16,17). The number of nitrogens with one attached hydrogen (secondary N) is 1. The molecule has 100 valence electrons. The molecule has 0 radical (unpaired) electrons. The molecule has 18 heavy (non-hydrogen) atoms. The van der Waals surface area contributed by atoms with E-state index in [0.29, 0.717) is 4.99 Å². The monoisotopic (exact) mass is 265 g/mol. The molecule has 0 saturated heterocycles. The van der Waals surface area contributed by atoms with E-state index >= 15 is 0 Å². The Labute approximate surface area is 115 Å². The summed E-state index contributed by atoms with van der Waals surface area (Å²) in [4.78, 5) is 4.66. The fourth-order valence-electron chi connectivity index (χ4n) is 1.77. The molecular weight excluding hydrogens is 242 g/mol. The second-order valence-electron chi connectivity index (χ2n) is 4.49. The van der Waals surface area contributed by atoms with Gasteiger partial charge >= 0.3 is 0 Å². The van der Waals surface area contributed by atoms with Gasteiger partial charge in [-0.05, 0) is 18.6 Å². The third kappa shape index (κ3) is 5.96. The van der Waals surface area contributed by atoms with Gasteiger partial charge in [-0.15, -0.1) is 0 Å². The van der Waals surface area contributed by atoms with Crippen molar-refractivity contribution < 1.29 is 0 Å². The van der Waals surface area contributed by atoms with E-state index in [1.54, 1.807) is 6.20 Å². The molecule has 0 unspecified atom stereocenters. The summed E-state index contributed by atoms with van der Waals surface area (Å²) in [5, 5.41) is 3.31. The number of hydrogen-bond donors (Lipinski definition) is 2. The summed E-state index contributed by atoms with van der Waals surface area (Å²) in [6.07, 6.45) is 9.56. The Morgan fingerprint density at radius 2 is 1.94 bits per heavy atom. The van der Waals surface area contributed by atoms with Gasteiger partial charge in [0.15, 0.2) is 0 Å². The summed E-state index contributed by atoms with van der Waals surface area (Å²) in [7, 11) is 0. The molecule has 0 atom stereocenters. The normalized spacial score (nSPS) is 10.3. The first-order valence-electron chi connectivity index (χ1n) is 6.73. The first kappa shape index (κ1) is 14.9. The Morgan fingerprint density at radius 3 is 2.56 bits per heavy atom. The predicted octanol–water partition coefficient (Wildman–Crippen LogP) is 3.49. The first-order chi connectivity index (χ1) is 8.74. The minimum Gasteiger partial charge on any atom is -0.389 e. The maximum Gasteiger partial charge on any atom is 0.125 e.